The van der Waals surface area contributed by atoms with E-state index in [9.17, 15) is 4.39 Å². The van der Waals surface area contributed by atoms with Gasteiger partial charge in [-0.15, -0.1) is 11.8 Å². The molecule has 25 heavy (non-hydrogen) atoms. The monoisotopic (exact) mass is 393 g/mol. The average molecular weight is 394 g/mol. The van der Waals surface area contributed by atoms with E-state index in [-0.39, 0.29) is 5.82 Å². The Balaban J connectivity index is 1.87. The molecule has 0 amide bonds. The minimum atomic E-state index is -0.207. The maximum Gasteiger partial charge on any atom is 0.180 e. The zero-order valence-corrected chi connectivity index (χ0v) is 16.7. The molecule has 0 aliphatic carbocycles. The van der Waals surface area contributed by atoms with E-state index in [0.717, 1.165) is 56.4 Å². The van der Waals surface area contributed by atoms with E-state index < -0.39 is 0 Å². The summed E-state index contributed by atoms with van der Waals surface area (Å²) in [4.78, 5) is 0. The zero-order chi connectivity index (χ0) is 18.0. The largest absolute Gasteiger partial charge is 0.347 e. The number of fused-ring (bicyclic) bond motifs is 1. The summed E-state index contributed by atoms with van der Waals surface area (Å²) < 4.78 is 18.4. The highest BCUT2D eigenvalue weighted by Gasteiger charge is 2.15. The molecule has 0 radical (unpaired) electrons. The van der Waals surface area contributed by atoms with E-state index in [1.165, 1.54) is 12.1 Å². The number of rotatable bonds is 3. The summed E-state index contributed by atoms with van der Waals surface area (Å²) in [5.74, 6) is 0.569. The van der Waals surface area contributed by atoms with Gasteiger partial charge in [-0.05, 0) is 49.2 Å². The molecule has 132 valence electrons. The number of allylic oxidation sites excluding steroid dienone is 1. The molecule has 3 rings (SSSR count). The molecule has 0 saturated heterocycles. The lowest BCUT2D eigenvalue weighted by Crippen LogP contribution is -2.16. The Morgan fingerprint density at radius 1 is 1.16 bits per heavy atom. The SMILES string of the molecule is Cn1c2c(c(=S)n(C)c1=S)N/C(SCc1ccc(F)cc1)=C/CCC2. The molecule has 0 spiro atoms. The second-order valence-corrected chi connectivity index (χ2v) is 7.80. The van der Waals surface area contributed by atoms with Crippen LogP contribution in [-0.2, 0) is 26.3 Å². The molecular weight excluding hydrogens is 373 g/mol. The second-order valence-electron chi connectivity index (χ2n) is 6.03. The van der Waals surface area contributed by atoms with Crippen LogP contribution < -0.4 is 5.32 Å². The average Bonchev–Trinajstić information content (AvgIpc) is 2.59. The van der Waals surface area contributed by atoms with E-state index in [1.807, 2.05) is 35.4 Å². The molecule has 1 N–H and O–H groups in total. The van der Waals surface area contributed by atoms with Crippen molar-refractivity contribution >= 4 is 41.9 Å². The molecule has 2 heterocycles. The third-order valence-electron chi connectivity index (χ3n) is 4.29. The molecule has 3 nitrogen and oxygen atoms in total. The smallest absolute Gasteiger partial charge is 0.180 e. The maximum absolute atomic E-state index is 13.0. The Morgan fingerprint density at radius 3 is 2.60 bits per heavy atom. The number of aromatic nitrogens is 2. The number of hydrogen-bond donors (Lipinski definition) is 1. The fourth-order valence-electron chi connectivity index (χ4n) is 2.82. The van der Waals surface area contributed by atoms with Crippen molar-refractivity contribution in [2.45, 2.75) is 25.0 Å². The third-order valence-corrected chi connectivity index (χ3v) is 6.37. The zero-order valence-electron chi connectivity index (χ0n) is 14.2. The molecule has 0 atom stereocenters. The highest BCUT2D eigenvalue weighted by Crippen LogP contribution is 2.30. The van der Waals surface area contributed by atoms with Gasteiger partial charge < -0.3 is 14.5 Å². The first-order chi connectivity index (χ1) is 12.0. The number of nitrogens with zero attached hydrogens (tertiary/aromatic N) is 2. The van der Waals surface area contributed by atoms with Crippen LogP contribution in [0.3, 0.4) is 0 Å². The normalized spacial score (nSPS) is 16.2. The van der Waals surface area contributed by atoms with Crippen LogP contribution in [0.4, 0.5) is 10.1 Å². The molecule has 0 fully saturated rings. The Bertz CT molecular complexity index is 926. The molecule has 1 aromatic carbocycles. The number of benzene rings is 1. The Hall–Kier alpha value is -1.44. The summed E-state index contributed by atoms with van der Waals surface area (Å²) >= 11 is 12.8. The second kappa shape index (κ2) is 7.85. The number of nitrogens with one attached hydrogen (secondary N) is 1. The Labute approximate surface area is 161 Å². The number of hydrogen-bond acceptors (Lipinski definition) is 4. The Kier molecular flexibility index (Phi) is 5.76. The minimum Gasteiger partial charge on any atom is -0.347 e. The minimum absolute atomic E-state index is 0.207. The fourth-order valence-corrected chi connectivity index (χ4v) is 4.26. The predicted octanol–water partition coefficient (Wildman–Crippen LogP) is 5.48. The lowest BCUT2D eigenvalue weighted by atomic mass is 10.1. The first kappa shape index (κ1) is 18.4. The van der Waals surface area contributed by atoms with Gasteiger partial charge in [0.1, 0.15) is 10.5 Å². The van der Waals surface area contributed by atoms with Crippen molar-refractivity contribution in [3.05, 3.63) is 61.9 Å². The molecule has 2 aromatic rings. The number of thioether (sulfide) groups is 1. The molecule has 0 saturated carbocycles. The first-order valence-corrected chi connectivity index (χ1v) is 9.91. The molecule has 1 aromatic heterocycles. The van der Waals surface area contributed by atoms with Gasteiger partial charge in [0.15, 0.2) is 4.77 Å². The topological polar surface area (TPSA) is 21.9 Å². The summed E-state index contributed by atoms with van der Waals surface area (Å²) in [6.45, 7) is 0. The molecule has 7 heteroatoms. The standard InChI is InChI=1S/C18H20FN3S3/c1-21-14-5-3-4-6-15(20-16(14)17(23)22(2)18(21)24)25-11-12-7-9-13(19)10-8-12/h6-10,20H,3-5,11H2,1-2H3/b15-6-. The van der Waals surface area contributed by atoms with Gasteiger partial charge in [-0.3, -0.25) is 0 Å². The Morgan fingerprint density at radius 2 is 1.88 bits per heavy atom. The van der Waals surface area contributed by atoms with Crippen molar-refractivity contribution in [1.82, 2.24) is 9.13 Å². The van der Waals surface area contributed by atoms with Gasteiger partial charge in [-0.25, -0.2) is 4.39 Å². The van der Waals surface area contributed by atoms with Crippen molar-refractivity contribution in [3.8, 4) is 0 Å². The number of anilines is 1. The van der Waals surface area contributed by atoms with Crippen molar-refractivity contribution in [3.63, 3.8) is 0 Å². The van der Waals surface area contributed by atoms with Crippen LogP contribution in [0.15, 0.2) is 35.4 Å². The van der Waals surface area contributed by atoms with Crippen molar-refractivity contribution in [2.75, 3.05) is 5.32 Å². The van der Waals surface area contributed by atoms with Gasteiger partial charge in [0.05, 0.1) is 10.7 Å². The van der Waals surface area contributed by atoms with E-state index in [2.05, 4.69) is 11.4 Å². The van der Waals surface area contributed by atoms with Crippen LogP contribution in [0, 0.1) is 15.2 Å². The summed E-state index contributed by atoms with van der Waals surface area (Å²) in [7, 11) is 3.90. The molecular formula is C18H20FN3S3. The molecule has 1 aliphatic rings. The maximum atomic E-state index is 13.0. The van der Waals surface area contributed by atoms with Crippen LogP contribution in [0.2, 0.25) is 0 Å². The van der Waals surface area contributed by atoms with Crippen LogP contribution in [0.5, 0.6) is 0 Å². The van der Waals surface area contributed by atoms with Crippen LogP contribution in [0.1, 0.15) is 24.1 Å². The fraction of sp³-hybridized carbons (Fsp3) is 0.333. The van der Waals surface area contributed by atoms with Crippen LogP contribution in [0.25, 0.3) is 0 Å². The highest BCUT2D eigenvalue weighted by molar-refractivity contribution is 8.02. The van der Waals surface area contributed by atoms with E-state index >= 15 is 0 Å². The van der Waals surface area contributed by atoms with Gasteiger partial charge in [0, 0.05) is 25.5 Å². The lowest BCUT2D eigenvalue weighted by molar-refractivity contribution is 0.627. The van der Waals surface area contributed by atoms with Gasteiger partial charge in [0.25, 0.3) is 0 Å². The van der Waals surface area contributed by atoms with E-state index in [0.29, 0.717) is 0 Å². The predicted molar refractivity (Wildman–Crippen MR) is 108 cm³/mol. The molecule has 0 bridgehead atoms. The summed E-state index contributed by atoms with van der Waals surface area (Å²) in [6.07, 6.45) is 5.21. The third kappa shape index (κ3) is 4.04. The summed E-state index contributed by atoms with van der Waals surface area (Å²) in [5, 5.41) is 4.59. The van der Waals surface area contributed by atoms with Gasteiger partial charge in [-0.2, -0.15) is 0 Å². The highest BCUT2D eigenvalue weighted by atomic mass is 32.2. The first-order valence-electron chi connectivity index (χ1n) is 8.10. The van der Waals surface area contributed by atoms with Crippen molar-refractivity contribution in [2.24, 2.45) is 14.1 Å². The van der Waals surface area contributed by atoms with Gasteiger partial charge in [-0.1, -0.05) is 30.4 Å². The van der Waals surface area contributed by atoms with E-state index in [4.69, 9.17) is 24.4 Å². The van der Waals surface area contributed by atoms with Crippen molar-refractivity contribution in [1.29, 1.82) is 0 Å². The summed E-state index contributed by atoms with van der Waals surface area (Å²) in [6, 6.07) is 6.64. The molecule has 0 unspecified atom stereocenters. The lowest BCUT2D eigenvalue weighted by Gasteiger charge is -2.22. The van der Waals surface area contributed by atoms with Crippen LogP contribution >= 0.6 is 36.2 Å². The summed E-state index contributed by atoms with van der Waals surface area (Å²) in [5.41, 5.74) is 3.21. The van der Waals surface area contributed by atoms with Gasteiger partial charge >= 0.3 is 0 Å². The van der Waals surface area contributed by atoms with Crippen LogP contribution in [-0.4, -0.2) is 9.13 Å². The van der Waals surface area contributed by atoms with Gasteiger partial charge in [0.2, 0.25) is 0 Å². The quantitative estimate of drug-likeness (QED) is 0.697. The van der Waals surface area contributed by atoms with E-state index in [1.54, 1.807) is 11.8 Å². The van der Waals surface area contributed by atoms with Crippen molar-refractivity contribution < 1.29 is 4.39 Å². The molecule has 1 aliphatic heterocycles. The number of halogens is 1.